The van der Waals surface area contributed by atoms with Crippen LogP contribution in [0.1, 0.15) is 54.7 Å². The Morgan fingerprint density at radius 1 is 1.18 bits per heavy atom. The summed E-state index contributed by atoms with van der Waals surface area (Å²) in [6, 6.07) is 3.76. The van der Waals surface area contributed by atoms with Gasteiger partial charge in [-0.05, 0) is 42.9 Å². The molecule has 1 rings (SSSR count). The summed E-state index contributed by atoms with van der Waals surface area (Å²) in [6.07, 6.45) is 0. The molecular formula is C15H23NO. The predicted molar refractivity (Wildman–Crippen MR) is 72.6 cm³/mol. The highest BCUT2D eigenvalue weighted by molar-refractivity contribution is 6.02. The third kappa shape index (κ3) is 2.95. The molecule has 94 valence electrons. The van der Waals surface area contributed by atoms with Gasteiger partial charge in [0, 0.05) is 5.56 Å². The number of hydrogen-bond acceptors (Lipinski definition) is 2. The maximum Gasteiger partial charge on any atom is 0.179 e. The van der Waals surface area contributed by atoms with Crippen LogP contribution < -0.4 is 5.73 Å². The third-order valence-electron chi connectivity index (χ3n) is 3.06. The SMILES string of the molecule is Cc1cc(C(C)(C)C)cc(C)c1C(=O)C(C)N. The van der Waals surface area contributed by atoms with Gasteiger partial charge in [0.2, 0.25) is 0 Å². The highest BCUT2D eigenvalue weighted by Crippen LogP contribution is 2.27. The van der Waals surface area contributed by atoms with E-state index in [2.05, 4.69) is 32.9 Å². The van der Waals surface area contributed by atoms with Crippen LogP contribution in [0.3, 0.4) is 0 Å². The maximum absolute atomic E-state index is 12.0. The van der Waals surface area contributed by atoms with Crippen molar-refractivity contribution in [3.63, 3.8) is 0 Å². The van der Waals surface area contributed by atoms with Gasteiger partial charge in [-0.1, -0.05) is 32.9 Å². The second-order valence-corrected chi connectivity index (χ2v) is 5.89. The Morgan fingerprint density at radius 3 is 1.88 bits per heavy atom. The van der Waals surface area contributed by atoms with E-state index in [1.807, 2.05) is 13.8 Å². The van der Waals surface area contributed by atoms with Gasteiger partial charge in [-0.3, -0.25) is 4.79 Å². The van der Waals surface area contributed by atoms with E-state index >= 15 is 0 Å². The molecule has 0 saturated heterocycles. The molecule has 1 aromatic rings. The fraction of sp³-hybridized carbons (Fsp3) is 0.533. The molecule has 2 heteroatoms. The smallest absolute Gasteiger partial charge is 0.179 e. The van der Waals surface area contributed by atoms with E-state index in [0.717, 1.165) is 16.7 Å². The van der Waals surface area contributed by atoms with E-state index in [0.29, 0.717) is 0 Å². The van der Waals surface area contributed by atoms with Crippen molar-refractivity contribution in [2.75, 3.05) is 0 Å². The second kappa shape index (κ2) is 4.61. The molecule has 1 atom stereocenters. The minimum Gasteiger partial charge on any atom is -0.321 e. The number of ketones is 1. The summed E-state index contributed by atoms with van der Waals surface area (Å²) >= 11 is 0. The van der Waals surface area contributed by atoms with Crippen molar-refractivity contribution in [2.45, 2.75) is 53.0 Å². The fourth-order valence-electron chi connectivity index (χ4n) is 2.01. The topological polar surface area (TPSA) is 43.1 Å². The highest BCUT2D eigenvalue weighted by atomic mass is 16.1. The van der Waals surface area contributed by atoms with Crippen LogP contribution in [0, 0.1) is 13.8 Å². The largest absolute Gasteiger partial charge is 0.321 e. The molecule has 0 radical (unpaired) electrons. The minimum atomic E-state index is -0.437. The molecule has 0 aliphatic rings. The van der Waals surface area contributed by atoms with Gasteiger partial charge < -0.3 is 5.73 Å². The van der Waals surface area contributed by atoms with E-state index < -0.39 is 6.04 Å². The highest BCUT2D eigenvalue weighted by Gasteiger charge is 2.20. The number of Topliss-reactive ketones (excluding diaryl/α,β-unsaturated/α-hetero) is 1. The molecule has 0 aromatic heterocycles. The summed E-state index contributed by atoms with van der Waals surface area (Å²) in [5, 5.41) is 0. The zero-order valence-electron chi connectivity index (χ0n) is 11.7. The lowest BCUT2D eigenvalue weighted by molar-refractivity contribution is 0.0966. The van der Waals surface area contributed by atoms with Crippen LogP contribution in [0.15, 0.2) is 12.1 Å². The average molecular weight is 233 g/mol. The molecule has 0 aliphatic heterocycles. The maximum atomic E-state index is 12.0. The molecule has 0 bridgehead atoms. The summed E-state index contributed by atoms with van der Waals surface area (Å²) in [4.78, 5) is 12.0. The Labute approximate surface area is 104 Å². The zero-order chi connectivity index (χ0) is 13.4. The summed E-state index contributed by atoms with van der Waals surface area (Å²) in [5.41, 5.74) is 9.88. The monoisotopic (exact) mass is 233 g/mol. The number of carbonyl (C=O) groups excluding carboxylic acids is 1. The van der Waals surface area contributed by atoms with Crippen molar-refractivity contribution in [3.05, 3.63) is 34.4 Å². The molecule has 0 heterocycles. The Balaban J connectivity index is 3.35. The Bertz CT molecular complexity index is 416. The normalized spacial score (nSPS) is 13.6. The Morgan fingerprint density at radius 2 is 1.59 bits per heavy atom. The number of benzene rings is 1. The number of nitrogens with two attached hydrogens (primary N) is 1. The average Bonchev–Trinajstić information content (AvgIpc) is 2.14. The number of hydrogen-bond donors (Lipinski definition) is 1. The molecule has 1 aromatic carbocycles. The summed E-state index contributed by atoms with van der Waals surface area (Å²) < 4.78 is 0. The van der Waals surface area contributed by atoms with Gasteiger partial charge in [0.25, 0.3) is 0 Å². The van der Waals surface area contributed by atoms with Crippen LogP contribution in [0.25, 0.3) is 0 Å². The lowest BCUT2D eigenvalue weighted by Crippen LogP contribution is -2.28. The fourth-order valence-corrected chi connectivity index (χ4v) is 2.01. The molecule has 17 heavy (non-hydrogen) atoms. The van der Waals surface area contributed by atoms with Crippen molar-refractivity contribution in [1.82, 2.24) is 0 Å². The van der Waals surface area contributed by atoms with Gasteiger partial charge in [0.1, 0.15) is 0 Å². The van der Waals surface area contributed by atoms with E-state index in [1.165, 1.54) is 5.56 Å². The predicted octanol–water partition coefficient (Wildman–Crippen LogP) is 3.13. The van der Waals surface area contributed by atoms with Crippen LogP contribution in [-0.2, 0) is 5.41 Å². The second-order valence-electron chi connectivity index (χ2n) is 5.89. The Kier molecular flexibility index (Phi) is 3.78. The van der Waals surface area contributed by atoms with Gasteiger partial charge in [0.15, 0.2) is 5.78 Å². The lowest BCUT2D eigenvalue weighted by Gasteiger charge is -2.22. The van der Waals surface area contributed by atoms with Crippen LogP contribution in [-0.4, -0.2) is 11.8 Å². The first-order chi connectivity index (χ1) is 7.64. The molecule has 0 spiro atoms. The van der Waals surface area contributed by atoms with Gasteiger partial charge >= 0.3 is 0 Å². The molecule has 0 saturated carbocycles. The standard InChI is InChI=1S/C15H23NO/c1-9-7-12(15(4,5)6)8-10(2)13(9)14(17)11(3)16/h7-8,11H,16H2,1-6H3. The molecule has 0 fully saturated rings. The number of rotatable bonds is 2. The van der Waals surface area contributed by atoms with Crippen molar-refractivity contribution >= 4 is 5.78 Å². The van der Waals surface area contributed by atoms with Gasteiger partial charge in [-0.25, -0.2) is 0 Å². The van der Waals surface area contributed by atoms with Crippen molar-refractivity contribution in [2.24, 2.45) is 5.73 Å². The van der Waals surface area contributed by atoms with E-state index in [4.69, 9.17) is 5.73 Å². The first-order valence-electron chi connectivity index (χ1n) is 6.06. The van der Waals surface area contributed by atoms with Crippen LogP contribution in [0.5, 0.6) is 0 Å². The number of carbonyl (C=O) groups is 1. The van der Waals surface area contributed by atoms with Gasteiger partial charge in [0.05, 0.1) is 6.04 Å². The summed E-state index contributed by atoms with van der Waals surface area (Å²) in [5.74, 6) is 0.0282. The Hall–Kier alpha value is -1.15. The molecule has 1 unspecified atom stereocenters. The van der Waals surface area contributed by atoms with E-state index in [-0.39, 0.29) is 11.2 Å². The molecule has 0 aliphatic carbocycles. The van der Waals surface area contributed by atoms with Crippen molar-refractivity contribution < 1.29 is 4.79 Å². The van der Waals surface area contributed by atoms with E-state index in [9.17, 15) is 4.79 Å². The van der Waals surface area contributed by atoms with Crippen molar-refractivity contribution in [3.8, 4) is 0 Å². The molecule has 0 amide bonds. The van der Waals surface area contributed by atoms with Gasteiger partial charge in [-0.2, -0.15) is 0 Å². The quantitative estimate of drug-likeness (QED) is 0.797. The van der Waals surface area contributed by atoms with Crippen molar-refractivity contribution in [1.29, 1.82) is 0 Å². The lowest BCUT2D eigenvalue weighted by atomic mass is 9.83. The minimum absolute atomic E-state index is 0.0282. The first kappa shape index (κ1) is 13.9. The van der Waals surface area contributed by atoms with Crippen LogP contribution in [0.2, 0.25) is 0 Å². The summed E-state index contributed by atoms with van der Waals surface area (Å²) in [7, 11) is 0. The van der Waals surface area contributed by atoms with Gasteiger partial charge in [-0.15, -0.1) is 0 Å². The van der Waals surface area contributed by atoms with E-state index in [1.54, 1.807) is 6.92 Å². The zero-order valence-corrected chi connectivity index (χ0v) is 11.7. The number of aryl methyl sites for hydroxylation is 2. The van der Waals surface area contributed by atoms with Crippen LogP contribution in [0.4, 0.5) is 0 Å². The molecular weight excluding hydrogens is 210 g/mol. The van der Waals surface area contributed by atoms with Crippen LogP contribution >= 0.6 is 0 Å². The molecule has 2 nitrogen and oxygen atoms in total. The summed E-state index contributed by atoms with van der Waals surface area (Å²) in [6.45, 7) is 12.2. The third-order valence-corrected chi connectivity index (χ3v) is 3.06. The first-order valence-corrected chi connectivity index (χ1v) is 6.06. The molecule has 2 N–H and O–H groups in total.